The highest BCUT2D eigenvalue weighted by Crippen LogP contribution is 2.19. The molecule has 0 aliphatic rings. The largest absolute Gasteiger partial charge is 0.357 e. The van der Waals surface area contributed by atoms with Crippen molar-refractivity contribution in [3.05, 3.63) is 65.7 Å². The number of likely N-dealkylation sites (N-methyl/N-ethyl adjacent to an activating group) is 1. The SMILES string of the molecule is CCNC(=NCc1ccc(S(C)(=O)=O)cc1)NCC(c1ccccc1)N(CC)CC. The molecule has 2 aromatic carbocycles. The van der Waals surface area contributed by atoms with Gasteiger partial charge in [0.25, 0.3) is 0 Å². The van der Waals surface area contributed by atoms with E-state index in [4.69, 9.17) is 0 Å². The molecule has 0 aromatic heterocycles. The van der Waals surface area contributed by atoms with Gasteiger partial charge in [-0.2, -0.15) is 0 Å². The summed E-state index contributed by atoms with van der Waals surface area (Å²) in [5.74, 6) is 0.748. The Hall–Kier alpha value is -2.38. The number of aliphatic imine (C=N–C) groups is 1. The summed E-state index contributed by atoms with van der Waals surface area (Å²) < 4.78 is 23.2. The van der Waals surface area contributed by atoms with E-state index in [1.54, 1.807) is 12.1 Å². The lowest BCUT2D eigenvalue weighted by Crippen LogP contribution is -2.43. The summed E-state index contributed by atoms with van der Waals surface area (Å²) in [7, 11) is -3.18. The Morgan fingerprint density at radius 3 is 2.13 bits per heavy atom. The number of nitrogens with zero attached hydrogens (tertiary/aromatic N) is 2. The van der Waals surface area contributed by atoms with Crippen molar-refractivity contribution in [3.63, 3.8) is 0 Å². The quantitative estimate of drug-likeness (QED) is 0.447. The third-order valence-corrected chi connectivity index (χ3v) is 6.14. The number of guanidine groups is 1. The minimum Gasteiger partial charge on any atom is -0.357 e. The van der Waals surface area contributed by atoms with E-state index in [1.807, 2.05) is 25.1 Å². The van der Waals surface area contributed by atoms with E-state index in [9.17, 15) is 8.42 Å². The number of nitrogens with one attached hydrogen (secondary N) is 2. The molecule has 0 saturated carbocycles. The Labute approximate surface area is 181 Å². The van der Waals surface area contributed by atoms with Crippen LogP contribution in [0.15, 0.2) is 64.5 Å². The van der Waals surface area contributed by atoms with Crippen LogP contribution in [0.25, 0.3) is 0 Å². The van der Waals surface area contributed by atoms with E-state index in [1.165, 1.54) is 11.8 Å². The van der Waals surface area contributed by atoms with Crippen LogP contribution in [0.1, 0.15) is 37.9 Å². The second-order valence-corrected chi connectivity index (χ2v) is 9.16. The molecule has 164 valence electrons. The fourth-order valence-corrected chi connectivity index (χ4v) is 3.98. The van der Waals surface area contributed by atoms with Crippen molar-refractivity contribution in [1.82, 2.24) is 15.5 Å². The molecule has 0 heterocycles. The van der Waals surface area contributed by atoms with Crippen molar-refractivity contribution in [2.24, 2.45) is 4.99 Å². The van der Waals surface area contributed by atoms with E-state index in [0.29, 0.717) is 11.4 Å². The maximum atomic E-state index is 11.6. The van der Waals surface area contributed by atoms with Gasteiger partial charge in [0.05, 0.1) is 17.5 Å². The molecule has 0 bridgehead atoms. The second-order valence-electron chi connectivity index (χ2n) is 7.14. The first-order chi connectivity index (χ1) is 14.4. The minimum atomic E-state index is -3.18. The first-order valence-electron chi connectivity index (χ1n) is 10.5. The van der Waals surface area contributed by atoms with Crippen LogP contribution in [0.2, 0.25) is 0 Å². The molecule has 0 spiro atoms. The van der Waals surface area contributed by atoms with E-state index in [-0.39, 0.29) is 6.04 Å². The third kappa shape index (κ3) is 7.15. The third-order valence-electron chi connectivity index (χ3n) is 5.02. The van der Waals surface area contributed by atoms with Crippen LogP contribution in [0, 0.1) is 0 Å². The summed E-state index contributed by atoms with van der Waals surface area (Å²) in [6.45, 7) is 10.3. The lowest BCUT2D eigenvalue weighted by molar-refractivity contribution is 0.219. The highest BCUT2D eigenvalue weighted by molar-refractivity contribution is 7.90. The molecule has 1 unspecified atom stereocenters. The van der Waals surface area contributed by atoms with Gasteiger partial charge in [0.1, 0.15) is 0 Å². The number of hydrogen-bond donors (Lipinski definition) is 2. The van der Waals surface area contributed by atoms with Crippen molar-refractivity contribution >= 4 is 15.8 Å². The molecular weight excluding hydrogens is 396 g/mol. The Morgan fingerprint density at radius 1 is 0.967 bits per heavy atom. The van der Waals surface area contributed by atoms with Gasteiger partial charge in [0, 0.05) is 19.3 Å². The number of sulfone groups is 1. The summed E-state index contributed by atoms with van der Waals surface area (Å²) in [6.07, 6.45) is 1.21. The Morgan fingerprint density at radius 2 is 1.60 bits per heavy atom. The second kappa shape index (κ2) is 11.7. The van der Waals surface area contributed by atoms with E-state index in [0.717, 1.165) is 37.7 Å². The highest BCUT2D eigenvalue weighted by atomic mass is 32.2. The average molecular weight is 431 g/mol. The van der Waals surface area contributed by atoms with E-state index < -0.39 is 9.84 Å². The molecule has 0 aliphatic carbocycles. The van der Waals surface area contributed by atoms with Gasteiger partial charge in [-0.25, -0.2) is 13.4 Å². The van der Waals surface area contributed by atoms with Gasteiger partial charge in [-0.15, -0.1) is 0 Å². The van der Waals surface area contributed by atoms with Gasteiger partial charge < -0.3 is 10.6 Å². The molecule has 6 nitrogen and oxygen atoms in total. The molecule has 30 heavy (non-hydrogen) atoms. The van der Waals surface area contributed by atoms with Crippen molar-refractivity contribution in [2.75, 3.05) is 32.4 Å². The lowest BCUT2D eigenvalue weighted by Gasteiger charge is -2.30. The molecule has 2 N–H and O–H groups in total. The average Bonchev–Trinajstić information content (AvgIpc) is 2.75. The number of rotatable bonds is 10. The standard InChI is InChI=1S/C23H34N4O2S/c1-5-24-23(25-17-19-13-15-21(16-14-19)30(4,28)29)26-18-22(27(6-2)7-3)20-11-9-8-10-12-20/h8-16,22H,5-7,17-18H2,1-4H3,(H2,24,25,26). The van der Waals surface area contributed by atoms with E-state index in [2.05, 4.69) is 58.6 Å². The predicted molar refractivity (Wildman–Crippen MR) is 124 cm³/mol. The topological polar surface area (TPSA) is 73.8 Å². The molecule has 2 aromatic rings. The molecule has 0 fully saturated rings. The monoisotopic (exact) mass is 430 g/mol. The molecular formula is C23H34N4O2S. The molecule has 0 radical (unpaired) electrons. The van der Waals surface area contributed by atoms with Crippen LogP contribution in [-0.4, -0.2) is 51.7 Å². The maximum absolute atomic E-state index is 11.6. The normalized spacial score (nSPS) is 13.3. The Kier molecular flexibility index (Phi) is 9.33. The summed E-state index contributed by atoms with van der Waals surface area (Å²) in [5.41, 5.74) is 2.24. The number of hydrogen-bond acceptors (Lipinski definition) is 4. The molecule has 1 atom stereocenters. The lowest BCUT2D eigenvalue weighted by atomic mass is 10.1. The van der Waals surface area contributed by atoms with Gasteiger partial charge in [0.15, 0.2) is 15.8 Å². The van der Waals surface area contributed by atoms with Gasteiger partial charge in [0.2, 0.25) is 0 Å². The van der Waals surface area contributed by atoms with Gasteiger partial charge in [-0.05, 0) is 43.3 Å². The molecule has 0 aliphatic heterocycles. The van der Waals surface area contributed by atoms with E-state index >= 15 is 0 Å². The van der Waals surface area contributed by atoms with Crippen LogP contribution < -0.4 is 10.6 Å². The fraction of sp³-hybridized carbons (Fsp3) is 0.435. The zero-order valence-electron chi connectivity index (χ0n) is 18.4. The maximum Gasteiger partial charge on any atom is 0.191 e. The van der Waals surface area contributed by atoms with Crippen molar-refractivity contribution in [1.29, 1.82) is 0 Å². The highest BCUT2D eigenvalue weighted by Gasteiger charge is 2.18. The summed E-state index contributed by atoms with van der Waals surface area (Å²) in [5, 5.41) is 6.77. The van der Waals surface area contributed by atoms with Crippen LogP contribution >= 0.6 is 0 Å². The number of benzene rings is 2. The minimum absolute atomic E-state index is 0.249. The fourth-order valence-electron chi connectivity index (χ4n) is 3.34. The van der Waals surface area contributed by atoms with Crippen molar-refractivity contribution in [3.8, 4) is 0 Å². The van der Waals surface area contributed by atoms with Crippen LogP contribution in [0.3, 0.4) is 0 Å². The summed E-state index contributed by atoms with van der Waals surface area (Å²) in [4.78, 5) is 7.43. The first-order valence-corrected chi connectivity index (χ1v) is 12.4. The molecule has 0 saturated heterocycles. The summed E-state index contributed by atoms with van der Waals surface area (Å²) in [6, 6.07) is 17.7. The smallest absolute Gasteiger partial charge is 0.191 e. The van der Waals surface area contributed by atoms with Crippen molar-refractivity contribution in [2.45, 2.75) is 38.3 Å². The predicted octanol–water partition coefficient (Wildman–Crippen LogP) is 3.23. The zero-order chi connectivity index (χ0) is 22.0. The first kappa shape index (κ1) is 23.9. The van der Waals surface area contributed by atoms with Gasteiger partial charge in [-0.3, -0.25) is 4.90 Å². The van der Waals surface area contributed by atoms with Gasteiger partial charge in [-0.1, -0.05) is 56.3 Å². The Balaban J connectivity index is 2.10. The van der Waals surface area contributed by atoms with Crippen LogP contribution in [-0.2, 0) is 16.4 Å². The molecule has 2 rings (SSSR count). The molecule has 0 amide bonds. The molecule has 7 heteroatoms. The van der Waals surface area contributed by atoms with Gasteiger partial charge >= 0.3 is 0 Å². The van der Waals surface area contributed by atoms with Crippen LogP contribution in [0.4, 0.5) is 0 Å². The van der Waals surface area contributed by atoms with Crippen LogP contribution in [0.5, 0.6) is 0 Å². The Bertz CT molecular complexity index is 893. The zero-order valence-corrected chi connectivity index (χ0v) is 19.2. The van der Waals surface area contributed by atoms with Crippen molar-refractivity contribution < 1.29 is 8.42 Å². The summed E-state index contributed by atoms with van der Waals surface area (Å²) >= 11 is 0.